The van der Waals surface area contributed by atoms with E-state index in [0.29, 0.717) is 29.2 Å². The fraction of sp³-hybridized carbons (Fsp3) is 0.176. The Kier molecular flexibility index (Phi) is 3.97. The Morgan fingerprint density at radius 3 is 2.83 bits per heavy atom. The van der Waals surface area contributed by atoms with E-state index in [1.165, 1.54) is 22.7 Å². The number of carbonyl (C=O) groups is 1. The number of nitrogens with zero attached hydrogens (tertiary/aromatic N) is 2. The molecule has 5 nitrogen and oxygen atoms in total. The molecule has 1 aromatic carbocycles. The van der Waals surface area contributed by atoms with Crippen LogP contribution in [0, 0.1) is 5.82 Å². The molecule has 0 aliphatic carbocycles. The van der Waals surface area contributed by atoms with Crippen molar-refractivity contribution in [3.63, 3.8) is 0 Å². The van der Waals surface area contributed by atoms with Gasteiger partial charge in [0.25, 0.3) is 0 Å². The topological polar surface area (TPSA) is 63.8 Å². The molecule has 0 amide bonds. The van der Waals surface area contributed by atoms with Crippen LogP contribution in [0.3, 0.4) is 0 Å². The van der Waals surface area contributed by atoms with Crippen LogP contribution in [-0.4, -0.2) is 27.6 Å². The molecule has 0 fully saturated rings. The van der Waals surface area contributed by atoms with Crippen LogP contribution in [0.15, 0.2) is 42.6 Å². The lowest BCUT2D eigenvalue weighted by Crippen LogP contribution is -2.07. The minimum absolute atomic E-state index is 0.227. The van der Waals surface area contributed by atoms with Gasteiger partial charge in [-0.05, 0) is 18.2 Å². The molecule has 0 atom stereocenters. The quantitative estimate of drug-likeness (QED) is 0.786. The highest BCUT2D eigenvalue weighted by molar-refractivity contribution is 5.70. The van der Waals surface area contributed by atoms with Gasteiger partial charge in [-0.25, -0.2) is 9.37 Å². The van der Waals surface area contributed by atoms with Crippen molar-refractivity contribution >= 4 is 11.6 Å². The van der Waals surface area contributed by atoms with Gasteiger partial charge in [0.15, 0.2) is 0 Å². The molecule has 0 aliphatic rings. The van der Waals surface area contributed by atoms with Gasteiger partial charge in [0, 0.05) is 18.2 Å². The van der Waals surface area contributed by atoms with Gasteiger partial charge in [-0.1, -0.05) is 18.2 Å². The van der Waals surface area contributed by atoms with Crippen molar-refractivity contribution in [2.45, 2.75) is 12.8 Å². The van der Waals surface area contributed by atoms with Gasteiger partial charge in [-0.2, -0.15) is 0 Å². The maximum Gasteiger partial charge on any atom is 0.309 e. The van der Waals surface area contributed by atoms with Crippen LogP contribution in [0.2, 0.25) is 0 Å². The molecule has 0 radical (unpaired) electrons. The Hall–Kier alpha value is -2.89. The SMILES string of the molecule is COc1ccccc1Cc1nc2ccc(F)cn2c1CC(=O)O. The zero-order chi connectivity index (χ0) is 16.4. The first-order chi connectivity index (χ1) is 11.1. The summed E-state index contributed by atoms with van der Waals surface area (Å²) < 4.78 is 20.3. The number of rotatable bonds is 5. The summed E-state index contributed by atoms with van der Waals surface area (Å²) in [6.45, 7) is 0. The molecule has 0 saturated carbocycles. The number of para-hydroxylation sites is 1. The fourth-order valence-corrected chi connectivity index (χ4v) is 2.62. The van der Waals surface area contributed by atoms with E-state index in [-0.39, 0.29) is 6.42 Å². The fourth-order valence-electron chi connectivity index (χ4n) is 2.62. The van der Waals surface area contributed by atoms with Crippen molar-refractivity contribution in [3.05, 3.63) is 65.4 Å². The van der Waals surface area contributed by atoms with Crippen LogP contribution in [0.25, 0.3) is 5.65 Å². The molecule has 118 valence electrons. The van der Waals surface area contributed by atoms with Gasteiger partial charge in [0.1, 0.15) is 17.2 Å². The zero-order valence-electron chi connectivity index (χ0n) is 12.5. The lowest BCUT2D eigenvalue weighted by atomic mass is 10.1. The van der Waals surface area contributed by atoms with Crippen LogP contribution in [0.5, 0.6) is 5.75 Å². The molecule has 2 aromatic heterocycles. The van der Waals surface area contributed by atoms with Crippen molar-refractivity contribution in [2.75, 3.05) is 7.11 Å². The summed E-state index contributed by atoms with van der Waals surface area (Å²) in [5, 5.41) is 9.15. The number of pyridine rings is 1. The average molecular weight is 314 g/mol. The molecule has 23 heavy (non-hydrogen) atoms. The molecule has 3 rings (SSSR count). The van der Waals surface area contributed by atoms with Gasteiger partial charge in [-0.3, -0.25) is 4.79 Å². The number of benzene rings is 1. The van der Waals surface area contributed by atoms with E-state index in [1.54, 1.807) is 7.11 Å². The minimum Gasteiger partial charge on any atom is -0.496 e. The number of hydrogen-bond acceptors (Lipinski definition) is 3. The Bertz CT molecular complexity index is 873. The smallest absolute Gasteiger partial charge is 0.309 e. The molecular formula is C17H15FN2O3. The lowest BCUT2D eigenvalue weighted by molar-refractivity contribution is -0.136. The summed E-state index contributed by atoms with van der Waals surface area (Å²) in [6, 6.07) is 10.3. The van der Waals surface area contributed by atoms with E-state index in [0.717, 1.165) is 5.56 Å². The van der Waals surface area contributed by atoms with E-state index >= 15 is 0 Å². The first-order valence-electron chi connectivity index (χ1n) is 7.07. The Morgan fingerprint density at radius 1 is 1.30 bits per heavy atom. The van der Waals surface area contributed by atoms with Crippen molar-refractivity contribution in [1.29, 1.82) is 0 Å². The Morgan fingerprint density at radius 2 is 2.09 bits per heavy atom. The van der Waals surface area contributed by atoms with Crippen LogP contribution in [0.4, 0.5) is 4.39 Å². The summed E-state index contributed by atoms with van der Waals surface area (Å²) >= 11 is 0. The molecule has 3 aromatic rings. The number of fused-ring (bicyclic) bond motifs is 1. The van der Waals surface area contributed by atoms with Crippen molar-refractivity contribution in [3.8, 4) is 5.75 Å². The standard InChI is InChI=1S/C17H15FN2O3/c1-23-15-5-3-2-4-11(15)8-13-14(9-17(21)22)20-10-12(18)6-7-16(20)19-13/h2-7,10H,8-9H2,1H3,(H,21,22). The largest absolute Gasteiger partial charge is 0.496 e. The summed E-state index contributed by atoms with van der Waals surface area (Å²) in [4.78, 5) is 15.6. The monoisotopic (exact) mass is 314 g/mol. The van der Waals surface area contributed by atoms with E-state index in [9.17, 15) is 9.18 Å². The highest BCUT2D eigenvalue weighted by Crippen LogP contribution is 2.23. The predicted octanol–water partition coefficient (Wildman–Crippen LogP) is 2.70. The maximum atomic E-state index is 13.5. The van der Waals surface area contributed by atoms with Crippen LogP contribution in [-0.2, 0) is 17.6 Å². The van der Waals surface area contributed by atoms with Crippen molar-refractivity contribution < 1.29 is 19.0 Å². The van der Waals surface area contributed by atoms with Gasteiger partial charge < -0.3 is 14.2 Å². The lowest BCUT2D eigenvalue weighted by Gasteiger charge is -2.08. The summed E-state index contributed by atoms with van der Waals surface area (Å²) in [6.07, 6.45) is 1.44. The number of hydrogen-bond donors (Lipinski definition) is 1. The third kappa shape index (κ3) is 3.01. The van der Waals surface area contributed by atoms with Crippen molar-refractivity contribution in [1.82, 2.24) is 9.38 Å². The average Bonchev–Trinajstić information content (AvgIpc) is 2.84. The van der Waals surface area contributed by atoms with Crippen LogP contribution < -0.4 is 4.74 Å². The van der Waals surface area contributed by atoms with Gasteiger partial charge in [-0.15, -0.1) is 0 Å². The number of aliphatic carboxylic acids is 1. The molecule has 0 aliphatic heterocycles. The summed E-state index contributed by atoms with van der Waals surface area (Å²) in [5.41, 5.74) is 2.48. The highest BCUT2D eigenvalue weighted by Gasteiger charge is 2.17. The second kappa shape index (κ2) is 6.08. The van der Waals surface area contributed by atoms with E-state index < -0.39 is 11.8 Å². The van der Waals surface area contributed by atoms with E-state index in [2.05, 4.69) is 4.98 Å². The number of carboxylic acids is 1. The van der Waals surface area contributed by atoms with Gasteiger partial charge >= 0.3 is 5.97 Å². The van der Waals surface area contributed by atoms with E-state index in [1.807, 2.05) is 24.3 Å². The molecule has 6 heteroatoms. The molecule has 1 N–H and O–H groups in total. The van der Waals surface area contributed by atoms with E-state index in [4.69, 9.17) is 9.84 Å². The van der Waals surface area contributed by atoms with Crippen LogP contribution in [0.1, 0.15) is 17.0 Å². The summed E-state index contributed by atoms with van der Waals surface area (Å²) in [5.74, 6) is -0.722. The number of ether oxygens (including phenoxy) is 1. The third-order valence-electron chi connectivity index (χ3n) is 3.63. The van der Waals surface area contributed by atoms with Crippen molar-refractivity contribution in [2.24, 2.45) is 0 Å². The first kappa shape index (κ1) is 15.0. The molecule has 0 saturated heterocycles. The maximum absolute atomic E-state index is 13.5. The molecular weight excluding hydrogens is 299 g/mol. The number of carboxylic acid groups (broad SMARTS) is 1. The number of halogens is 1. The Balaban J connectivity index is 2.10. The zero-order valence-corrected chi connectivity index (χ0v) is 12.5. The van der Waals surface area contributed by atoms with Gasteiger partial charge in [0.2, 0.25) is 0 Å². The number of methoxy groups -OCH3 is 1. The normalized spacial score (nSPS) is 10.9. The number of imidazole rings is 1. The number of aromatic nitrogens is 2. The molecule has 0 bridgehead atoms. The highest BCUT2D eigenvalue weighted by atomic mass is 19.1. The molecule has 2 heterocycles. The Labute approximate surface area is 132 Å². The van der Waals surface area contributed by atoms with Crippen LogP contribution >= 0.6 is 0 Å². The first-order valence-corrected chi connectivity index (χ1v) is 7.07. The molecule has 0 unspecified atom stereocenters. The predicted molar refractivity (Wildman–Crippen MR) is 82.3 cm³/mol. The third-order valence-corrected chi connectivity index (χ3v) is 3.63. The second-order valence-corrected chi connectivity index (χ2v) is 5.14. The minimum atomic E-state index is -0.989. The van der Waals surface area contributed by atoms with Gasteiger partial charge in [0.05, 0.1) is 24.9 Å². The molecule has 0 spiro atoms. The second-order valence-electron chi connectivity index (χ2n) is 5.14. The summed E-state index contributed by atoms with van der Waals surface area (Å²) in [7, 11) is 1.58.